The van der Waals surface area contributed by atoms with E-state index < -0.39 is 0 Å². The van der Waals surface area contributed by atoms with Gasteiger partial charge in [0.2, 0.25) is 6.79 Å². The molecule has 0 saturated heterocycles. The van der Waals surface area contributed by atoms with Crippen molar-refractivity contribution >= 4 is 23.5 Å². The zero-order chi connectivity index (χ0) is 24.2. The summed E-state index contributed by atoms with van der Waals surface area (Å²) in [5.41, 5.74) is 4.30. The summed E-state index contributed by atoms with van der Waals surface area (Å²) in [6, 6.07) is 14.8. The van der Waals surface area contributed by atoms with Crippen molar-refractivity contribution in [3.05, 3.63) is 87.4 Å². The Morgan fingerprint density at radius 3 is 2.62 bits per heavy atom. The molecular weight excluding hydrogens is 452 g/mol. The van der Waals surface area contributed by atoms with Gasteiger partial charge in [-0.3, -0.25) is 4.79 Å². The predicted octanol–water partition coefficient (Wildman–Crippen LogP) is 6.98. The van der Waals surface area contributed by atoms with Crippen LogP contribution in [0.25, 0.3) is 6.08 Å². The quantitative estimate of drug-likeness (QED) is 0.258. The molecule has 0 aliphatic carbocycles. The lowest BCUT2D eigenvalue weighted by atomic mass is 10.0. The van der Waals surface area contributed by atoms with Crippen LogP contribution < -0.4 is 18.9 Å². The van der Waals surface area contributed by atoms with Gasteiger partial charge in [-0.25, -0.2) is 0 Å². The molecule has 3 aromatic rings. The zero-order valence-corrected chi connectivity index (χ0v) is 20.4. The summed E-state index contributed by atoms with van der Waals surface area (Å²) in [5.74, 6) is 2.91. The van der Waals surface area contributed by atoms with Gasteiger partial charge in [-0.05, 0) is 78.1 Å². The number of rotatable bonds is 8. The number of allylic oxidation sites excluding steroid dienone is 1. The van der Waals surface area contributed by atoms with E-state index in [-0.39, 0.29) is 18.5 Å². The maximum atomic E-state index is 12.7. The minimum absolute atomic E-state index is 0.120. The van der Waals surface area contributed by atoms with Gasteiger partial charge in [0.25, 0.3) is 0 Å². The highest BCUT2D eigenvalue weighted by Crippen LogP contribution is 2.34. The minimum Gasteiger partial charge on any atom is -0.496 e. The fraction of sp³-hybridized carbons (Fsp3) is 0.250. The van der Waals surface area contributed by atoms with Crippen LogP contribution in [-0.2, 0) is 6.61 Å². The van der Waals surface area contributed by atoms with Crippen molar-refractivity contribution in [2.24, 2.45) is 0 Å². The predicted molar refractivity (Wildman–Crippen MR) is 134 cm³/mol. The Kier molecular flexibility index (Phi) is 7.13. The number of methoxy groups -OCH3 is 1. The Labute approximate surface area is 204 Å². The van der Waals surface area contributed by atoms with Gasteiger partial charge in [-0.2, -0.15) is 0 Å². The molecule has 0 fully saturated rings. The van der Waals surface area contributed by atoms with E-state index >= 15 is 0 Å². The van der Waals surface area contributed by atoms with E-state index in [1.165, 1.54) is 0 Å². The van der Waals surface area contributed by atoms with Gasteiger partial charge in [0, 0.05) is 16.1 Å². The van der Waals surface area contributed by atoms with Gasteiger partial charge in [0.15, 0.2) is 17.3 Å². The third-order valence-electron chi connectivity index (χ3n) is 5.68. The van der Waals surface area contributed by atoms with E-state index in [0.717, 1.165) is 38.8 Å². The summed E-state index contributed by atoms with van der Waals surface area (Å²) in [4.78, 5) is 12.7. The molecular formula is C28H27ClO5. The Morgan fingerprint density at radius 2 is 1.85 bits per heavy atom. The lowest BCUT2D eigenvalue weighted by molar-refractivity contribution is 0.104. The highest BCUT2D eigenvalue weighted by Gasteiger charge is 2.16. The van der Waals surface area contributed by atoms with E-state index in [2.05, 4.69) is 13.8 Å². The normalized spacial score (nSPS) is 12.4. The number of ketones is 1. The number of aryl methyl sites for hydroxylation is 1. The number of halogens is 1. The maximum Gasteiger partial charge on any atom is 0.231 e. The fourth-order valence-corrected chi connectivity index (χ4v) is 3.91. The molecule has 176 valence electrons. The third kappa shape index (κ3) is 5.20. The molecule has 34 heavy (non-hydrogen) atoms. The van der Waals surface area contributed by atoms with Crippen molar-refractivity contribution in [1.29, 1.82) is 0 Å². The van der Waals surface area contributed by atoms with Crippen LogP contribution in [0, 0.1) is 6.92 Å². The monoisotopic (exact) mass is 478 g/mol. The Morgan fingerprint density at radius 1 is 1.06 bits per heavy atom. The lowest BCUT2D eigenvalue weighted by Crippen LogP contribution is -2.03. The number of hydrogen-bond donors (Lipinski definition) is 0. The smallest absolute Gasteiger partial charge is 0.231 e. The summed E-state index contributed by atoms with van der Waals surface area (Å²) in [7, 11) is 1.63. The molecule has 5 nitrogen and oxygen atoms in total. The molecule has 0 aromatic heterocycles. The first-order chi connectivity index (χ1) is 16.4. The highest BCUT2D eigenvalue weighted by molar-refractivity contribution is 6.31. The molecule has 1 heterocycles. The molecule has 0 N–H and O–H groups in total. The van der Waals surface area contributed by atoms with Crippen LogP contribution in [0.1, 0.15) is 52.4 Å². The van der Waals surface area contributed by atoms with Crippen molar-refractivity contribution in [3.63, 3.8) is 0 Å². The molecule has 0 atom stereocenters. The van der Waals surface area contributed by atoms with Gasteiger partial charge in [-0.1, -0.05) is 37.6 Å². The number of fused-ring (bicyclic) bond motifs is 1. The summed E-state index contributed by atoms with van der Waals surface area (Å²) >= 11 is 6.32. The molecule has 0 radical (unpaired) electrons. The number of benzene rings is 3. The minimum atomic E-state index is -0.120. The van der Waals surface area contributed by atoms with E-state index in [9.17, 15) is 4.79 Å². The van der Waals surface area contributed by atoms with E-state index in [1.54, 1.807) is 37.5 Å². The molecule has 3 aromatic carbocycles. The molecule has 0 amide bonds. The van der Waals surface area contributed by atoms with Gasteiger partial charge >= 0.3 is 0 Å². The molecule has 0 spiro atoms. The molecule has 0 saturated carbocycles. The topological polar surface area (TPSA) is 54.0 Å². The van der Waals surface area contributed by atoms with Crippen molar-refractivity contribution in [2.45, 2.75) is 33.3 Å². The summed E-state index contributed by atoms with van der Waals surface area (Å²) in [6.07, 6.45) is 3.32. The fourth-order valence-electron chi connectivity index (χ4n) is 3.74. The van der Waals surface area contributed by atoms with Gasteiger partial charge < -0.3 is 18.9 Å². The van der Waals surface area contributed by atoms with Crippen LogP contribution in [0.5, 0.6) is 23.0 Å². The van der Waals surface area contributed by atoms with Crippen LogP contribution in [0.2, 0.25) is 5.02 Å². The number of ether oxygens (including phenoxy) is 4. The Balaban J connectivity index is 1.52. The van der Waals surface area contributed by atoms with Crippen LogP contribution in [0.4, 0.5) is 0 Å². The lowest BCUT2D eigenvalue weighted by Gasteiger charge is -2.17. The third-order valence-corrected chi connectivity index (χ3v) is 6.09. The first kappa shape index (κ1) is 23.7. The molecule has 0 bridgehead atoms. The van der Waals surface area contributed by atoms with Crippen LogP contribution >= 0.6 is 11.6 Å². The highest BCUT2D eigenvalue weighted by atomic mass is 35.5. The molecule has 1 aliphatic heterocycles. The largest absolute Gasteiger partial charge is 0.496 e. The molecule has 0 unspecified atom stereocenters. The molecule has 6 heteroatoms. The Hall–Kier alpha value is -3.44. The van der Waals surface area contributed by atoms with Crippen molar-refractivity contribution in [2.75, 3.05) is 13.9 Å². The van der Waals surface area contributed by atoms with E-state index in [0.29, 0.717) is 23.7 Å². The average Bonchev–Trinajstić information content (AvgIpc) is 3.30. The van der Waals surface area contributed by atoms with Crippen LogP contribution in [0.3, 0.4) is 0 Å². The number of carbonyl (C=O) groups is 1. The van der Waals surface area contributed by atoms with E-state index in [4.69, 9.17) is 30.5 Å². The second-order valence-corrected chi connectivity index (χ2v) is 8.83. The summed E-state index contributed by atoms with van der Waals surface area (Å²) in [5, 5.41) is 0.730. The second kappa shape index (κ2) is 10.2. The second-order valence-electron chi connectivity index (χ2n) is 8.42. The van der Waals surface area contributed by atoms with E-state index in [1.807, 2.05) is 37.3 Å². The summed E-state index contributed by atoms with van der Waals surface area (Å²) in [6.45, 7) is 6.67. The summed E-state index contributed by atoms with van der Waals surface area (Å²) < 4.78 is 22.4. The standard InChI is InChI=1S/C28H27ClO5/c1-17(2)22-14-23(29)18(3)11-27(22)32-15-21-12-19(6-9-25(21)31-4)5-8-24(30)20-7-10-26-28(13-20)34-16-33-26/h5-14,17H,15-16H2,1-4H3/b8-5+. The molecule has 1 aliphatic rings. The number of hydrogen-bond acceptors (Lipinski definition) is 5. The maximum absolute atomic E-state index is 12.7. The van der Waals surface area contributed by atoms with Crippen molar-refractivity contribution in [3.8, 4) is 23.0 Å². The molecule has 4 rings (SSSR count). The van der Waals surface area contributed by atoms with Crippen LogP contribution in [0.15, 0.2) is 54.6 Å². The van der Waals surface area contributed by atoms with Gasteiger partial charge in [0.1, 0.15) is 18.1 Å². The zero-order valence-electron chi connectivity index (χ0n) is 19.7. The SMILES string of the molecule is COc1ccc(/C=C/C(=O)c2ccc3c(c2)OCO3)cc1COc1cc(C)c(Cl)cc1C(C)C. The van der Waals surface area contributed by atoms with Crippen LogP contribution in [-0.4, -0.2) is 19.7 Å². The van der Waals surface area contributed by atoms with Gasteiger partial charge in [0.05, 0.1) is 7.11 Å². The van der Waals surface area contributed by atoms with Gasteiger partial charge in [-0.15, -0.1) is 0 Å². The van der Waals surface area contributed by atoms with Crippen molar-refractivity contribution < 1.29 is 23.7 Å². The first-order valence-corrected chi connectivity index (χ1v) is 11.5. The number of carbonyl (C=O) groups excluding carboxylic acids is 1. The first-order valence-electron chi connectivity index (χ1n) is 11.1. The average molecular weight is 479 g/mol. The van der Waals surface area contributed by atoms with Crippen molar-refractivity contribution in [1.82, 2.24) is 0 Å². The Bertz CT molecular complexity index is 1250.